The van der Waals surface area contributed by atoms with Crippen molar-refractivity contribution in [3.05, 3.63) is 0 Å². The second-order valence-corrected chi connectivity index (χ2v) is 4.42. The number of methoxy groups -OCH3 is 1. The zero-order valence-electron chi connectivity index (χ0n) is 10.3. The first-order chi connectivity index (χ1) is 7.10. The summed E-state index contributed by atoms with van der Waals surface area (Å²) in [5.74, 6) is 0.628. The summed E-state index contributed by atoms with van der Waals surface area (Å²) < 4.78 is 5.06. The quantitative estimate of drug-likeness (QED) is 0.584. The van der Waals surface area contributed by atoms with Crippen molar-refractivity contribution in [1.29, 1.82) is 0 Å². The van der Waals surface area contributed by atoms with Gasteiger partial charge in [0.25, 0.3) is 0 Å². The predicted molar refractivity (Wildman–Crippen MR) is 62.8 cm³/mol. The van der Waals surface area contributed by atoms with Crippen molar-refractivity contribution in [1.82, 2.24) is 4.90 Å². The Kier molecular flexibility index (Phi) is 9.00. The minimum Gasteiger partial charge on any atom is -0.396 e. The Morgan fingerprint density at radius 1 is 1.33 bits per heavy atom. The van der Waals surface area contributed by atoms with Gasteiger partial charge in [0.05, 0.1) is 6.61 Å². The van der Waals surface area contributed by atoms with Gasteiger partial charge in [0.1, 0.15) is 0 Å². The highest BCUT2D eigenvalue weighted by Crippen LogP contribution is 2.01. The summed E-state index contributed by atoms with van der Waals surface area (Å²) in [6.45, 7) is 8.06. The Morgan fingerprint density at radius 2 is 2.00 bits per heavy atom. The van der Waals surface area contributed by atoms with Crippen molar-refractivity contribution >= 4 is 0 Å². The van der Waals surface area contributed by atoms with E-state index in [0.29, 0.717) is 12.3 Å². The van der Waals surface area contributed by atoms with Crippen LogP contribution < -0.4 is 5.73 Å². The molecule has 0 heterocycles. The van der Waals surface area contributed by atoms with E-state index in [9.17, 15) is 0 Å². The maximum atomic E-state index is 8.78. The van der Waals surface area contributed by atoms with E-state index in [1.165, 1.54) is 0 Å². The van der Waals surface area contributed by atoms with Crippen LogP contribution in [-0.4, -0.2) is 56.0 Å². The second-order valence-electron chi connectivity index (χ2n) is 4.42. The van der Waals surface area contributed by atoms with Gasteiger partial charge in [-0.2, -0.15) is 0 Å². The fourth-order valence-electron chi connectivity index (χ4n) is 1.58. The molecule has 0 aliphatic carbocycles. The number of aliphatic hydroxyl groups excluding tert-OH is 1. The number of hydrogen-bond acceptors (Lipinski definition) is 4. The number of nitrogens with two attached hydrogens (primary N) is 1. The van der Waals surface area contributed by atoms with Crippen LogP contribution in [0.2, 0.25) is 0 Å². The van der Waals surface area contributed by atoms with Crippen LogP contribution in [0.5, 0.6) is 0 Å². The van der Waals surface area contributed by atoms with Gasteiger partial charge in [-0.25, -0.2) is 0 Å². The van der Waals surface area contributed by atoms with Crippen LogP contribution in [0.15, 0.2) is 0 Å². The molecule has 0 bridgehead atoms. The predicted octanol–water partition coefficient (Wildman–Crippen LogP) is 0.301. The van der Waals surface area contributed by atoms with Crippen molar-refractivity contribution in [3.8, 4) is 0 Å². The van der Waals surface area contributed by atoms with Gasteiger partial charge < -0.3 is 15.6 Å². The Morgan fingerprint density at radius 3 is 2.47 bits per heavy atom. The van der Waals surface area contributed by atoms with Gasteiger partial charge in [0.15, 0.2) is 0 Å². The first kappa shape index (κ1) is 14.8. The Bertz CT molecular complexity index is 143. The molecule has 4 nitrogen and oxygen atoms in total. The highest BCUT2D eigenvalue weighted by molar-refractivity contribution is 4.69. The van der Waals surface area contributed by atoms with E-state index < -0.39 is 0 Å². The van der Waals surface area contributed by atoms with Crippen LogP contribution in [0.25, 0.3) is 0 Å². The molecule has 92 valence electrons. The maximum Gasteiger partial charge on any atom is 0.0589 e. The van der Waals surface area contributed by atoms with Gasteiger partial charge in [-0.15, -0.1) is 0 Å². The zero-order valence-corrected chi connectivity index (χ0v) is 10.3. The van der Waals surface area contributed by atoms with E-state index in [0.717, 1.165) is 26.2 Å². The van der Waals surface area contributed by atoms with Crippen molar-refractivity contribution in [2.75, 3.05) is 40.0 Å². The van der Waals surface area contributed by atoms with E-state index in [1.807, 2.05) is 0 Å². The lowest BCUT2D eigenvalue weighted by atomic mass is 10.1. The monoisotopic (exact) mass is 218 g/mol. The molecular weight excluding hydrogens is 192 g/mol. The van der Waals surface area contributed by atoms with Crippen molar-refractivity contribution in [2.45, 2.75) is 26.3 Å². The first-order valence-electron chi connectivity index (χ1n) is 5.67. The van der Waals surface area contributed by atoms with Gasteiger partial charge in [0, 0.05) is 39.4 Å². The molecule has 0 aromatic heterocycles. The fourth-order valence-corrected chi connectivity index (χ4v) is 1.58. The lowest BCUT2D eigenvalue weighted by molar-refractivity contribution is 0.132. The summed E-state index contributed by atoms with van der Waals surface area (Å²) in [6, 6.07) is 0.0607. The maximum absolute atomic E-state index is 8.78. The summed E-state index contributed by atoms with van der Waals surface area (Å²) in [7, 11) is 1.71. The molecule has 0 fully saturated rings. The van der Waals surface area contributed by atoms with Crippen molar-refractivity contribution in [2.24, 2.45) is 11.7 Å². The molecule has 4 heteroatoms. The topological polar surface area (TPSA) is 58.7 Å². The van der Waals surface area contributed by atoms with Crippen molar-refractivity contribution in [3.63, 3.8) is 0 Å². The largest absolute Gasteiger partial charge is 0.396 e. The average molecular weight is 218 g/mol. The molecule has 1 unspecified atom stereocenters. The lowest BCUT2D eigenvalue weighted by Crippen LogP contribution is -2.41. The van der Waals surface area contributed by atoms with Crippen LogP contribution in [0.1, 0.15) is 20.3 Å². The summed E-state index contributed by atoms with van der Waals surface area (Å²) in [4.78, 5) is 2.30. The van der Waals surface area contributed by atoms with Crippen LogP contribution in [-0.2, 0) is 4.74 Å². The van der Waals surface area contributed by atoms with Gasteiger partial charge in [-0.05, 0) is 12.3 Å². The lowest BCUT2D eigenvalue weighted by Gasteiger charge is -2.26. The third-order valence-corrected chi connectivity index (χ3v) is 2.23. The SMILES string of the molecule is COCCN(CC(C)C)CC(N)CCO. The Labute approximate surface area is 93.4 Å². The molecule has 0 aromatic rings. The zero-order chi connectivity index (χ0) is 11.7. The Hall–Kier alpha value is -0.160. The highest BCUT2D eigenvalue weighted by Gasteiger charge is 2.11. The molecule has 0 saturated heterocycles. The van der Waals surface area contributed by atoms with E-state index in [4.69, 9.17) is 15.6 Å². The number of ether oxygens (including phenoxy) is 1. The molecule has 0 aliphatic rings. The van der Waals surface area contributed by atoms with E-state index in [-0.39, 0.29) is 12.6 Å². The molecule has 0 rings (SSSR count). The van der Waals surface area contributed by atoms with E-state index in [1.54, 1.807) is 7.11 Å². The van der Waals surface area contributed by atoms with Crippen LogP contribution in [0, 0.1) is 5.92 Å². The summed E-state index contributed by atoms with van der Waals surface area (Å²) in [5, 5.41) is 8.78. The number of hydrogen-bond donors (Lipinski definition) is 2. The molecule has 15 heavy (non-hydrogen) atoms. The van der Waals surface area contributed by atoms with Crippen LogP contribution in [0.3, 0.4) is 0 Å². The summed E-state index contributed by atoms with van der Waals surface area (Å²) in [5.41, 5.74) is 5.89. The molecule has 1 atom stereocenters. The molecule has 0 amide bonds. The van der Waals surface area contributed by atoms with Gasteiger partial charge in [0.2, 0.25) is 0 Å². The summed E-state index contributed by atoms with van der Waals surface area (Å²) >= 11 is 0. The van der Waals surface area contributed by atoms with Crippen LogP contribution in [0.4, 0.5) is 0 Å². The molecule has 3 N–H and O–H groups in total. The number of aliphatic hydroxyl groups is 1. The van der Waals surface area contributed by atoms with Crippen LogP contribution >= 0.6 is 0 Å². The third-order valence-electron chi connectivity index (χ3n) is 2.23. The fraction of sp³-hybridized carbons (Fsp3) is 1.00. The Balaban J connectivity index is 3.87. The smallest absolute Gasteiger partial charge is 0.0589 e. The normalized spacial score (nSPS) is 13.8. The molecule has 0 aromatic carbocycles. The summed E-state index contributed by atoms with van der Waals surface area (Å²) in [6.07, 6.45) is 0.668. The van der Waals surface area contributed by atoms with Gasteiger partial charge in [-0.3, -0.25) is 4.90 Å². The average Bonchev–Trinajstić information content (AvgIpc) is 2.13. The van der Waals surface area contributed by atoms with E-state index in [2.05, 4.69) is 18.7 Å². The van der Waals surface area contributed by atoms with E-state index >= 15 is 0 Å². The standard InChI is InChI=1S/C11H26N2O2/c1-10(2)8-13(5-7-15-3)9-11(12)4-6-14/h10-11,14H,4-9,12H2,1-3H3. The molecular formula is C11H26N2O2. The minimum atomic E-state index is 0.0607. The molecule has 0 spiro atoms. The number of rotatable bonds is 9. The molecule has 0 aliphatic heterocycles. The molecule has 0 saturated carbocycles. The number of nitrogens with zero attached hydrogens (tertiary/aromatic N) is 1. The first-order valence-corrected chi connectivity index (χ1v) is 5.67. The highest BCUT2D eigenvalue weighted by atomic mass is 16.5. The minimum absolute atomic E-state index is 0.0607. The van der Waals surface area contributed by atoms with Crippen molar-refractivity contribution < 1.29 is 9.84 Å². The van der Waals surface area contributed by atoms with Gasteiger partial charge in [-0.1, -0.05) is 13.8 Å². The molecule has 0 radical (unpaired) electrons. The van der Waals surface area contributed by atoms with Gasteiger partial charge >= 0.3 is 0 Å². The third kappa shape index (κ3) is 8.81. The second kappa shape index (κ2) is 9.09.